The van der Waals surface area contributed by atoms with Crippen LogP contribution in [-0.4, -0.2) is 48.6 Å². The van der Waals surface area contributed by atoms with Gasteiger partial charge in [-0.15, -0.1) is 0 Å². The van der Waals surface area contributed by atoms with E-state index in [1.807, 2.05) is 24.4 Å². The Morgan fingerprint density at radius 2 is 1.83 bits per heavy atom. The quantitative estimate of drug-likeness (QED) is 0.555. The van der Waals surface area contributed by atoms with E-state index in [4.69, 9.17) is 39.5 Å². The van der Waals surface area contributed by atoms with Gasteiger partial charge in [-0.25, -0.2) is 0 Å². The molecule has 2 N–H and O–H groups in total. The van der Waals surface area contributed by atoms with E-state index in [1.54, 1.807) is 0 Å². The number of hydrogen-bond donors (Lipinski definition) is 2. The predicted octanol–water partition coefficient (Wildman–Crippen LogP) is 5.26. The molecule has 0 bridgehead atoms. The molecule has 2 heterocycles. The summed E-state index contributed by atoms with van der Waals surface area (Å²) in [5, 5.41) is 4.79. The van der Waals surface area contributed by atoms with E-state index >= 15 is 0 Å². The molecule has 2 aromatic carbocycles. The van der Waals surface area contributed by atoms with Crippen molar-refractivity contribution in [2.24, 2.45) is 0 Å². The molecule has 0 spiro atoms. The second-order valence-corrected chi connectivity index (χ2v) is 8.23. The molecule has 1 aliphatic heterocycles. The molecule has 152 valence electrons. The van der Waals surface area contributed by atoms with E-state index in [0.29, 0.717) is 10.7 Å². The topological polar surface area (TPSA) is 57.4 Å². The minimum absolute atomic E-state index is 0.208. The molecule has 29 heavy (non-hydrogen) atoms. The van der Waals surface area contributed by atoms with Crippen molar-refractivity contribution in [3.63, 3.8) is 0 Å². The Morgan fingerprint density at radius 1 is 1.10 bits per heavy atom. The van der Waals surface area contributed by atoms with Crippen molar-refractivity contribution < 1.29 is 9.53 Å². The van der Waals surface area contributed by atoms with Crippen LogP contribution in [0.25, 0.3) is 10.9 Å². The summed E-state index contributed by atoms with van der Waals surface area (Å²) in [6.07, 6.45) is 2.95. The zero-order chi connectivity index (χ0) is 20.4. The van der Waals surface area contributed by atoms with Gasteiger partial charge in [0.25, 0.3) is 5.91 Å². The van der Waals surface area contributed by atoms with Crippen LogP contribution in [0.15, 0.2) is 36.5 Å². The summed E-state index contributed by atoms with van der Waals surface area (Å²) in [6.45, 7) is 4.49. The maximum Gasteiger partial charge on any atom is 0.258 e. The number of nitrogens with one attached hydrogen (secondary N) is 2. The number of fused-ring (bicyclic) bond motifs is 1. The molecular weight excluding hydrogens is 433 g/mol. The molecule has 4 rings (SSSR count). The van der Waals surface area contributed by atoms with Crippen molar-refractivity contribution in [3.8, 4) is 0 Å². The van der Waals surface area contributed by atoms with Gasteiger partial charge in [-0.3, -0.25) is 9.69 Å². The standard InChI is InChI=1S/C21H20Cl3N3O2/c22-14-9-17(23)20(18(24)10-14)21(28)26-15-1-2-19-16(11-15)13(12-25-19)3-4-27-5-7-29-8-6-27/h1-2,9-12,25H,3-8H2,(H,26,28). The van der Waals surface area contributed by atoms with Gasteiger partial charge in [-0.1, -0.05) is 34.8 Å². The number of carbonyl (C=O) groups is 1. The van der Waals surface area contributed by atoms with Gasteiger partial charge in [0.15, 0.2) is 0 Å². The van der Waals surface area contributed by atoms with Gasteiger partial charge < -0.3 is 15.0 Å². The average Bonchev–Trinajstić information content (AvgIpc) is 3.08. The highest BCUT2D eigenvalue weighted by atomic mass is 35.5. The maximum atomic E-state index is 12.7. The zero-order valence-corrected chi connectivity index (χ0v) is 17.9. The maximum absolute atomic E-state index is 12.7. The Kier molecular flexibility index (Phi) is 6.32. The number of nitrogens with zero attached hydrogens (tertiary/aromatic N) is 1. The summed E-state index contributed by atoms with van der Waals surface area (Å²) >= 11 is 18.3. The van der Waals surface area contributed by atoms with Crippen LogP contribution in [0.4, 0.5) is 5.69 Å². The fraction of sp³-hybridized carbons (Fsp3) is 0.286. The fourth-order valence-corrected chi connectivity index (χ4v) is 4.51. The van der Waals surface area contributed by atoms with Crippen molar-refractivity contribution in [1.29, 1.82) is 0 Å². The highest BCUT2D eigenvalue weighted by Gasteiger charge is 2.17. The molecular formula is C21H20Cl3N3O2. The van der Waals surface area contributed by atoms with E-state index in [0.717, 1.165) is 50.2 Å². The largest absolute Gasteiger partial charge is 0.379 e. The Morgan fingerprint density at radius 3 is 2.55 bits per heavy atom. The number of aromatic nitrogens is 1. The average molecular weight is 453 g/mol. The molecule has 1 aromatic heterocycles. The number of halogens is 3. The smallest absolute Gasteiger partial charge is 0.258 e. The van der Waals surface area contributed by atoms with Gasteiger partial charge >= 0.3 is 0 Å². The lowest BCUT2D eigenvalue weighted by Gasteiger charge is -2.26. The normalized spacial score (nSPS) is 15.0. The lowest BCUT2D eigenvalue weighted by Crippen LogP contribution is -2.37. The molecule has 1 fully saturated rings. The number of morpholine rings is 1. The first-order valence-electron chi connectivity index (χ1n) is 9.37. The number of rotatable bonds is 5. The van der Waals surface area contributed by atoms with Crippen molar-refractivity contribution in [3.05, 3.63) is 62.7 Å². The zero-order valence-electron chi connectivity index (χ0n) is 15.6. The molecule has 5 nitrogen and oxygen atoms in total. The van der Waals surface area contributed by atoms with Crippen LogP contribution in [-0.2, 0) is 11.2 Å². The number of anilines is 1. The molecule has 0 radical (unpaired) electrons. The third-order valence-corrected chi connectivity index (χ3v) is 5.87. The summed E-state index contributed by atoms with van der Waals surface area (Å²) in [5.74, 6) is -0.374. The molecule has 0 saturated carbocycles. The molecule has 3 aromatic rings. The number of benzene rings is 2. The Hall–Kier alpha value is -1.76. The van der Waals surface area contributed by atoms with Gasteiger partial charge in [0.2, 0.25) is 0 Å². The van der Waals surface area contributed by atoms with E-state index in [2.05, 4.69) is 15.2 Å². The van der Waals surface area contributed by atoms with Gasteiger partial charge in [0, 0.05) is 47.4 Å². The lowest BCUT2D eigenvalue weighted by molar-refractivity contribution is 0.0385. The first kappa shape index (κ1) is 20.5. The van der Waals surface area contributed by atoms with Crippen molar-refractivity contribution in [2.75, 3.05) is 38.2 Å². The van der Waals surface area contributed by atoms with Crippen molar-refractivity contribution in [1.82, 2.24) is 9.88 Å². The number of aromatic amines is 1. The highest BCUT2D eigenvalue weighted by Crippen LogP contribution is 2.30. The van der Waals surface area contributed by atoms with Crippen LogP contribution >= 0.6 is 34.8 Å². The monoisotopic (exact) mass is 451 g/mol. The lowest BCUT2D eigenvalue weighted by atomic mass is 10.1. The first-order chi connectivity index (χ1) is 14.0. The summed E-state index contributed by atoms with van der Waals surface area (Å²) in [4.78, 5) is 18.4. The van der Waals surface area contributed by atoms with Crippen LogP contribution in [0.2, 0.25) is 15.1 Å². The van der Waals surface area contributed by atoms with E-state index in [-0.39, 0.29) is 21.5 Å². The van der Waals surface area contributed by atoms with E-state index in [9.17, 15) is 4.79 Å². The van der Waals surface area contributed by atoms with Gasteiger partial charge in [0.1, 0.15) is 0 Å². The minimum Gasteiger partial charge on any atom is -0.379 e. The number of hydrogen-bond acceptors (Lipinski definition) is 3. The van der Waals surface area contributed by atoms with Crippen molar-refractivity contribution >= 4 is 57.3 Å². The Balaban J connectivity index is 1.52. The van der Waals surface area contributed by atoms with Crippen LogP contribution in [0.1, 0.15) is 15.9 Å². The predicted molar refractivity (Wildman–Crippen MR) is 119 cm³/mol. The second-order valence-electron chi connectivity index (χ2n) is 6.98. The number of amides is 1. The van der Waals surface area contributed by atoms with E-state index in [1.165, 1.54) is 17.7 Å². The molecule has 0 aliphatic carbocycles. The van der Waals surface area contributed by atoms with Crippen LogP contribution in [0, 0.1) is 0 Å². The fourth-order valence-electron chi connectivity index (χ4n) is 3.52. The third kappa shape index (κ3) is 4.71. The summed E-state index contributed by atoms with van der Waals surface area (Å²) in [6, 6.07) is 8.77. The van der Waals surface area contributed by atoms with Crippen LogP contribution in [0.5, 0.6) is 0 Å². The van der Waals surface area contributed by atoms with Crippen LogP contribution < -0.4 is 5.32 Å². The Bertz CT molecular complexity index is 1020. The highest BCUT2D eigenvalue weighted by molar-refractivity contribution is 6.42. The second kappa shape index (κ2) is 8.94. The van der Waals surface area contributed by atoms with E-state index < -0.39 is 0 Å². The number of H-pyrrole nitrogens is 1. The number of carbonyl (C=O) groups excluding carboxylic acids is 1. The summed E-state index contributed by atoms with van der Waals surface area (Å²) in [7, 11) is 0. The van der Waals surface area contributed by atoms with Gasteiger partial charge in [-0.2, -0.15) is 0 Å². The SMILES string of the molecule is O=C(Nc1ccc2[nH]cc(CCN3CCOCC3)c2c1)c1c(Cl)cc(Cl)cc1Cl. The molecule has 0 atom stereocenters. The minimum atomic E-state index is -0.374. The first-order valence-corrected chi connectivity index (χ1v) is 10.5. The summed E-state index contributed by atoms with van der Waals surface area (Å²) < 4.78 is 5.41. The Labute approximate surface area is 183 Å². The van der Waals surface area contributed by atoms with Gasteiger partial charge in [-0.05, 0) is 42.3 Å². The molecule has 8 heteroatoms. The van der Waals surface area contributed by atoms with Crippen molar-refractivity contribution in [2.45, 2.75) is 6.42 Å². The summed E-state index contributed by atoms with van der Waals surface area (Å²) in [5.41, 5.74) is 3.13. The van der Waals surface area contributed by atoms with Gasteiger partial charge in [0.05, 0.1) is 28.8 Å². The van der Waals surface area contributed by atoms with Crippen LogP contribution in [0.3, 0.4) is 0 Å². The molecule has 0 unspecified atom stereocenters. The molecule has 1 saturated heterocycles. The number of ether oxygens (including phenoxy) is 1. The molecule has 1 amide bonds. The third-order valence-electron chi connectivity index (χ3n) is 5.06. The molecule has 1 aliphatic rings.